The summed E-state index contributed by atoms with van der Waals surface area (Å²) in [4.78, 5) is 13.8. The molecule has 0 radical (unpaired) electrons. The predicted molar refractivity (Wildman–Crippen MR) is 97.7 cm³/mol. The number of carbonyl (C=O) groups excluding carboxylic acids is 1. The van der Waals surface area contributed by atoms with Crippen LogP contribution in [0.25, 0.3) is 0 Å². The molecule has 3 rings (SSSR count). The summed E-state index contributed by atoms with van der Waals surface area (Å²) in [6.07, 6.45) is 1.70. The van der Waals surface area contributed by atoms with Crippen molar-refractivity contribution in [3.8, 4) is 0 Å². The van der Waals surface area contributed by atoms with Crippen molar-refractivity contribution in [3.05, 3.63) is 71.3 Å². The van der Waals surface area contributed by atoms with E-state index in [1.807, 2.05) is 4.90 Å². The van der Waals surface area contributed by atoms with Gasteiger partial charge < -0.3 is 10.2 Å². The Morgan fingerprint density at radius 2 is 1.75 bits per heavy atom. The van der Waals surface area contributed by atoms with E-state index in [1.54, 1.807) is 0 Å². The van der Waals surface area contributed by atoms with Crippen molar-refractivity contribution >= 4 is 5.91 Å². The Hall–Kier alpha value is -2.13. The van der Waals surface area contributed by atoms with Crippen LogP contribution in [-0.2, 0) is 17.9 Å². The van der Waals surface area contributed by atoms with Crippen LogP contribution < -0.4 is 5.32 Å². The molecular formula is C21H26N2O. The molecule has 1 amide bonds. The van der Waals surface area contributed by atoms with Crippen LogP contribution in [0.4, 0.5) is 0 Å². The molecule has 1 N–H and O–H groups in total. The number of carbonyl (C=O) groups is 1. The van der Waals surface area contributed by atoms with E-state index >= 15 is 0 Å². The minimum Gasteiger partial charge on any atom is -0.338 e. The molecule has 2 aromatic carbocycles. The van der Waals surface area contributed by atoms with E-state index in [0.29, 0.717) is 12.3 Å². The van der Waals surface area contributed by atoms with Gasteiger partial charge in [-0.25, -0.2) is 0 Å². The molecule has 3 nitrogen and oxygen atoms in total. The van der Waals surface area contributed by atoms with Gasteiger partial charge in [-0.2, -0.15) is 0 Å². The number of nitrogens with zero attached hydrogens (tertiary/aromatic N) is 1. The molecule has 1 fully saturated rings. The zero-order chi connectivity index (χ0) is 16.8. The van der Waals surface area contributed by atoms with Gasteiger partial charge in [-0.15, -0.1) is 0 Å². The van der Waals surface area contributed by atoms with E-state index in [0.717, 1.165) is 32.6 Å². The van der Waals surface area contributed by atoms with E-state index in [9.17, 15) is 4.79 Å². The fourth-order valence-corrected chi connectivity index (χ4v) is 3.28. The molecule has 1 saturated heterocycles. The molecule has 1 heterocycles. The van der Waals surface area contributed by atoms with E-state index in [-0.39, 0.29) is 5.91 Å². The molecule has 0 bridgehead atoms. The normalized spacial score (nSPS) is 15.7. The molecule has 0 aromatic heterocycles. The largest absolute Gasteiger partial charge is 0.338 e. The monoisotopic (exact) mass is 322 g/mol. The highest BCUT2D eigenvalue weighted by Gasteiger charge is 2.20. The minimum absolute atomic E-state index is 0.287. The smallest absolute Gasteiger partial charge is 0.222 e. The lowest BCUT2D eigenvalue weighted by molar-refractivity contribution is -0.128. The van der Waals surface area contributed by atoms with Crippen LogP contribution in [0, 0.1) is 0 Å². The summed E-state index contributed by atoms with van der Waals surface area (Å²) in [6, 6.07) is 19.0. The average Bonchev–Trinajstić information content (AvgIpc) is 3.02. The topological polar surface area (TPSA) is 32.3 Å². The third-order valence-electron chi connectivity index (χ3n) is 4.79. The third-order valence-corrected chi connectivity index (χ3v) is 4.79. The van der Waals surface area contributed by atoms with Crippen LogP contribution in [-0.4, -0.2) is 23.9 Å². The highest BCUT2D eigenvalue weighted by atomic mass is 16.2. The van der Waals surface area contributed by atoms with E-state index in [2.05, 4.69) is 66.8 Å². The van der Waals surface area contributed by atoms with E-state index < -0.39 is 0 Å². The van der Waals surface area contributed by atoms with Crippen LogP contribution in [0.2, 0.25) is 0 Å². The first-order chi connectivity index (χ1) is 11.7. The van der Waals surface area contributed by atoms with Gasteiger partial charge in [-0.1, -0.05) is 61.5 Å². The summed E-state index contributed by atoms with van der Waals surface area (Å²) in [6.45, 7) is 5.67. The standard InChI is InChI=1S/C21H26N2O/c1-17(18-8-3-2-4-9-18)14-22-15-19-10-5-6-11-20(19)16-23-13-7-12-21(23)24/h2-6,8-11,17,22H,7,12-16H2,1H3. The fourth-order valence-electron chi connectivity index (χ4n) is 3.28. The molecule has 1 unspecified atom stereocenters. The number of hydrogen-bond acceptors (Lipinski definition) is 2. The number of hydrogen-bond donors (Lipinski definition) is 1. The first-order valence-electron chi connectivity index (χ1n) is 8.84. The number of likely N-dealkylation sites (tertiary alicyclic amines) is 1. The Morgan fingerprint density at radius 3 is 2.46 bits per heavy atom. The van der Waals surface area contributed by atoms with Crippen molar-refractivity contribution < 1.29 is 4.79 Å². The highest BCUT2D eigenvalue weighted by Crippen LogP contribution is 2.18. The first-order valence-corrected chi connectivity index (χ1v) is 8.84. The second kappa shape index (κ2) is 8.11. The van der Waals surface area contributed by atoms with Crippen LogP contribution >= 0.6 is 0 Å². The Balaban J connectivity index is 1.56. The molecule has 3 heteroatoms. The van der Waals surface area contributed by atoms with E-state index in [1.165, 1.54) is 16.7 Å². The zero-order valence-corrected chi connectivity index (χ0v) is 14.4. The van der Waals surface area contributed by atoms with Crippen LogP contribution in [0.1, 0.15) is 42.4 Å². The Morgan fingerprint density at radius 1 is 1.04 bits per heavy atom. The Bertz CT molecular complexity index is 669. The van der Waals surface area contributed by atoms with Crippen molar-refractivity contribution in [2.75, 3.05) is 13.1 Å². The number of benzene rings is 2. The van der Waals surface area contributed by atoms with Crippen LogP contribution in [0.15, 0.2) is 54.6 Å². The van der Waals surface area contributed by atoms with Gasteiger partial charge in [0.25, 0.3) is 0 Å². The molecule has 0 saturated carbocycles. The predicted octanol–water partition coefficient (Wildman–Crippen LogP) is 3.70. The average molecular weight is 322 g/mol. The first kappa shape index (κ1) is 16.7. The maximum absolute atomic E-state index is 11.9. The molecule has 0 aliphatic carbocycles. The quantitative estimate of drug-likeness (QED) is 0.843. The summed E-state index contributed by atoms with van der Waals surface area (Å²) in [7, 11) is 0. The van der Waals surface area contributed by atoms with Gasteiger partial charge in [0.1, 0.15) is 0 Å². The van der Waals surface area contributed by atoms with Gasteiger partial charge >= 0.3 is 0 Å². The number of nitrogens with one attached hydrogen (secondary N) is 1. The molecule has 126 valence electrons. The molecule has 2 aromatic rings. The summed E-state index contributed by atoms with van der Waals surface area (Å²) >= 11 is 0. The lowest BCUT2D eigenvalue weighted by Gasteiger charge is -2.19. The summed E-state index contributed by atoms with van der Waals surface area (Å²) in [5, 5.41) is 3.57. The maximum Gasteiger partial charge on any atom is 0.222 e. The highest BCUT2D eigenvalue weighted by molar-refractivity contribution is 5.78. The van der Waals surface area contributed by atoms with Gasteiger partial charge in [0.2, 0.25) is 5.91 Å². The number of amides is 1. The van der Waals surface area contributed by atoms with Crippen molar-refractivity contribution in [3.63, 3.8) is 0 Å². The molecule has 1 aliphatic heterocycles. The van der Waals surface area contributed by atoms with Gasteiger partial charge in [0, 0.05) is 32.6 Å². The van der Waals surface area contributed by atoms with Crippen molar-refractivity contribution in [1.29, 1.82) is 0 Å². The Labute approximate surface area is 144 Å². The zero-order valence-electron chi connectivity index (χ0n) is 14.4. The van der Waals surface area contributed by atoms with Gasteiger partial charge in [-0.05, 0) is 29.0 Å². The minimum atomic E-state index is 0.287. The molecule has 1 atom stereocenters. The van der Waals surface area contributed by atoms with Crippen molar-refractivity contribution in [1.82, 2.24) is 10.2 Å². The SMILES string of the molecule is CC(CNCc1ccccc1CN1CCCC1=O)c1ccccc1. The summed E-state index contributed by atoms with van der Waals surface area (Å²) in [5.41, 5.74) is 3.91. The second-order valence-electron chi connectivity index (χ2n) is 6.63. The van der Waals surface area contributed by atoms with Crippen molar-refractivity contribution in [2.24, 2.45) is 0 Å². The van der Waals surface area contributed by atoms with Gasteiger partial charge in [0.15, 0.2) is 0 Å². The Kier molecular flexibility index (Phi) is 5.65. The second-order valence-corrected chi connectivity index (χ2v) is 6.63. The van der Waals surface area contributed by atoms with Crippen molar-refractivity contribution in [2.45, 2.75) is 38.8 Å². The van der Waals surface area contributed by atoms with Crippen LogP contribution in [0.5, 0.6) is 0 Å². The molecule has 1 aliphatic rings. The lowest BCUT2D eigenvalue weighted by Crippen LogP contribution is -2.25. The maximum atomic E-state index is 11.9. The van der Waals surface area contributed by atoms with Gasteiger partial charge in [-0.3, -0.25) is 4.79 Å². The fraction of sp³-hybridized carbons (Fsp3) is 0.381. The summed E-state index contributed by atoms with van der Waals surface area (Å²) in [5.74, 6) is 0.772. The van der Waals surface area contributed by atoms with Crippen LogP contribution in [0.3, 0.4) is 0 Å². The summed E-state index contributed by atoms with van der Waals surface area (Å²) < 4.78 is 0. The lowest BCUT2D eigenvalue weighted by atomic mass is 10.0. The molecule has 24 heavy (non-hydrogen) atoms. The van der Waals surface area contributed by atoms with E-state index in [4.69, 9.17) is 0 Å². The van der Waals surface area contributed by atoms with Gasteiger partial charge in [0.05, 0.1) is 0 Å². The number of rotatable bonds is 7. The molecule has 0 spiro atoms. The third kappa shape index (κ3) is 4.24. The molecular weight excluding hydrogens is 296 g/mol.